The number of carbonyl (C=O) groups excluding carboxylic acids is 12. The van der Waals surface area contributed by atoms with Crippen molar-refractivity contribution in [2.24, 2.45) is 21.1 Å². The van der Waals surface area contributed by atoms with Crippen LogP contribution >= 0.6 is 0 Å². The molecule has 11 amide bonds. The molecule has 2 bridgehead atoms. The first-order chi connectivity index (χ1) is 53.2. The molecule has 0 saturated carbocycles. The van der Waals surface area contributed by atoms with E-state index in [0.717, 1.165) is 0 Å². The predicted molar refractivity (Wildman–Crippen MR) is 406 cm³/mol. The van der Waals surface area contributed by atoms with Crippen molar-refractivity contribution in [3.8, 4) is 11.5 Å². The van der Waals surface area contributed by atoms with Crippen molar-refractivity contribution < 1.29 is 87.9 Å². The first-order valence-corrected chi connectivity index (χ1v) is 37.2. The van der Waals surface area contributed by atoms with Crippen LogP contribution in [0.25, 0.3) is 11.0 Å². The highest BCUT2D eigenvalue weighted by Gasteiger charge is 2.42. The summed E-state index contributed by atoms with van der Waals surface area (Å²) in [6.45, 7) is 10.4. The third-order valence-electron chi connectivity index (χ3n) is 19.1. The number of nitrogens with two attached hydrogens (primary N) is 1. The van der Waals surface area contributed by atoms with E-state index in [-0.39, 0.29) is 114 Å². The molecule has 0 saturated heterocycles. The van der Waals surface area contributed by atoms with Crippen molar-refractivity contribution in [3.05, 3.63) is 102 Å². The lowest BCUT2D eigenvalue weighted by atomic mass is 9.85. The molecular weight excluding hydrogens is 1450 g/mol. The van der Waals surface area contributed by atoms with Crippen molar-refractivity contribution in [2.75, 3.05) is 13.1 Å². The highest BCUT2D eigenvalue weighted by atomic mass is 16.4. The molecule has 0 unspecified atom stereocenters. The highest BCUT2D eigenvalue weighted by Crippen LogP contribution is 2.23. The molecule has 2 aliphatic rings. The van der Waals surface area contributed by atoms with Gasteiger partial charge in [-0.3, -0.25) is 67.2 Å². The third kappa shape index (κ3) is 26.0. The Balaban J connectivity index is 1.26. The second kappa shape index (κ2) is 41.4. The number of aliphatic carboxylic acids is 1. The first-order valence-electron chi connectivity index (χ1n) is 37.2. The zero-order valence-electron chi connectivity index (χ0n) is 63.6. The topological polar surface area (TPSA) is 566 Å². The second-order valence-corrected chi connectivity index (χ2v) is 29.2. The number of aliphatic hydroxyl groups is 2. The van der Waals surface area contributed by atoms with E-state index in [4.69, 9.17) is 5.73 Å². The Morgan fingerprint density at radius 3 is 1.71 bits per heavy atom. The van der Waals surface area contributed by atoms with E-state index in [9.17, 15) is 83.1 Å². The summed E-state index contributed by atoms with van der Waals surface area (Å²) in [4.78, 5) is 201. The molecule has 0 fully saturated rings. The lowest BCUT2D eigenvalue weighted by Crippen LogP contribution is -2.67. The number of aliphatic hydroxyl groups excluding tert-OH is 2. The number of primary amides is 1. The number of carboxylic acid groups (broad SMARTS) is 1. The van der Waals surface area contributed by atoms with Crippen LogP contribution in [0, 0.1) is 5.41 Å². The van der Waals surface area contributed by atoms with Gasteiger partial charge in [-0.2, -0.15) is 0 Å². The maximum absolute atomic E-state index is 15.0. The minimum Gasteiger partial charge on any atom is -0.508 e. The zero-order valence-corrected chi connectivity index (χ0v) is 63.6. The van der Waals surface area contributed by atoms with Gasteiger partial charge in [-0.1, -0.05) is 76.9 Å². The highest BCUT2D eigenvalue weighted by molar-refractivity contribution is 6.03. The molecule has 5 aromatic rings. The van der Waals surface area contributed by atoms with Crippen LogP contribution in [0.15, 0.2) is 89.2 Å². The largest absolute Gasteiger partial charge is 0.508 e. The van der Waals surface area contributed by atoms with Gasteiger partial charge in [0.2, 0.25) is 65.0 Å². The van der Waals surface area contributed by atoms with Crippen LogP contribution in [-0.2, 0) is 94.6 Å². The van der Waals surface area contributed by atoms with Crippen molar-refractivity contribution in [1.82, 2.24) is 83.4 Å². The Morgan fingerprint density at radius 2 is 1.18 bits per heavy atom. The van der Waals surface area contributed by atoms with E-state index in [2.05, 4.69) is 88.7 Å². The summed E-state index contributed by atoms with van der Waals surface area (Å²) < 4.78 is 1.49. The Kier molecular flexibility index (Phi) is 32.4. The number of phenols is 2. The smallest absolute Gasteiger partial charge is 0.303 e. The van der Waals surface area contributed by atoms with Crippen molar-refractivity contribution >= 4 is 100 Å². The maximum Gasteiger partial charge on any atom is 0.303 e. The van der Waals surface area contributed by atoms with Gasteiger partial charge < -0.3 is 99.5 Å². The Bertz CT molecular complexity index is 4190. The maximum atomic E-state index is 15.0. The van der Waals surface area contributed by atoms with Crippen LogP contribution < -0.4 is 64.2 Å². The average Bonchev–Trinajstić information content (AvgIpc) is 0.981. The number of amides is 11. The number of benzene rings is 2. The summed E-state index contributed by atoms with van der Waals surface area (Å²) in [7, 11) is 0. The number of phenolic OH excluding ortho intramolecular Hbond substituents is 2. The van der Waals surface area contributed by atoms with Crippen LogP contribution in [0.1, 0.15) is 141 Å². The molecule has 2 aromatic carbocycles. The summed E-state index contributed by atoms with van der Waals surface area (Å²) in [5, 5.41) is 91.0. The second-order valence-electron chi connectivity index (χ2n) is 29.2. The number of aromatic nitrogens is 5. The molecule has 19 N–H and O–H groups in total. The van der Waals surface area contributed by atoms with Gasteiger partial charge in [0.05, 0.1) is 30.5 Å². The molecule has 37 nitrogen and oxygen atoms in total. The lowest BCUT2D eigenvalue weighted by Gasteiger charge is -2.35. The van der Waals surface area contributed by atoms with Gasteiger partial charge in [0.1, 0.15) is 89.7 Å². The molecular formula is C75H103N19O18. The normalized spacial score (nSPS) is 24.7. The number of carboxylic acids is 1. The summed E-state index contributed by atoms with van der Waals surface area (Å²) in [5.74, 6) is -12.2. The number of rotatable bonds is 19. The average molecular weight is 1560 g/mol. The third-order valence-corrected chi connectivity index (χ3v) is 19.1. The van der Waals surface area contributed by atoms with E-state index >= 15 is 4.79 Å². The van der Waals surface area contributed by atoms with Crippen LogP contribution in [0.2, 0.25) is 0 Å². The van der Waals surface area contributed by atoms with E-state index in [1.807, 2.05) is 0 Å². The van der Waals surface area contributed by atoms with Gasteiger partial charge in [-0.25, -0.2) is 9.98 Å². The lowest BCUT2D eigenvalue weighted by molar-refractivity contribution is -0.139. The zero-order chi connectivity index (χ0) is 82.0. The quantitative estimate of drug-likeness (QED) is 0.0415. The Morgan fingerprint density at radius 1 is 0.652 bits per heavy atom. The number of aldehydes is 1. The number of fused-ring (bicyclic) bond motifs is 3. The molecule has 0 spiro atoms. The van der Waals surface area contributed by atoms with Crippen molar-refractivity contribution in [2.45, 2.75) is 229 Å². The van der Waals surface area contributed by atoms with E-state index in [0.29, 0.717) is 39.1 Å². The predicted octanol–water partition coefficient (Wildman–Crippen LogP) is -1.58. The van der Waals surface area contributed by atoms with Gasteiger partial charge in [-0.15, -0.1) is 5.10 Å². The van der Waals surface area contributed by atoms with Crippen LogP contribution in [0.5, 0.6) is 11.5 Å². The molecule has 13 atom stereocenters. The summed E-state index contributed by atoms with van der Waals surface area (Å²) in [6, 6.07) is -1.13. The number of aliphatic imine (C=N–C) groups is 2. The number of pyridine rings is 1. The van der Waals surface area contributed by atoms with E-state index in [1.165, 1.54) is 85.8 Å². The van der Waals surface area contributed by atoms with Crippen LogP contribution in [-0.4, -0.2) is 231 Å². The van der Waals surface area contributed by atoms with E-state index in [1.54, 1.807) is 52.9 Å². The number of carbonyl (C=O) groups is 13. The van der Waals surface area contributed by atoms with E-state index < -0.39 is 174 Å². The van der Waals surface area contributed by atoms with Crippen LogP contribution in [0.4, 0.5) is 0 Å². The molecule has 0 radical (unpaired) electrons. The number of H-pyrrole nitrogens is 1. The number of aromatic amines is 1. The molecule has 2 aliphatic heterocycles. The SMILES string of the molecule is CCC[C@@H]1NC(=O)[C@H](Cc2c[nH]c3ncccc23)NC(=O)[C@H]([C@@H](C)O)NC(=O)[C@H](CC2=NC=NC2)NC(=O)[C@H](Cc2ccc(O)cc2)NC(=O)[C@H](C(C)(C)C)NC(=O)CCCn2cc(nn2)CCC[C@@H](C(N)=O)NC[C@@](C=O)([C@@H](C)O)NC(=O)[C@H](CCC)NC(=O)[C@H](Cc2ccc(O)cc2)NC(=O)[C@H](CCC(=O)O)NC1=O. The number of nitrogens with one attached hydrogen (secondary N) is 12. The van der Waals surface area contributed by atoms with Crippen molar-refractivity contribution in [3.63, 3.8) is 0 Å². The van der Waals surface area contributed by atoms with Crippen molar-refractivity contribution in [1.29, 1.82) is 0 Å². The van der Waals surface area contributed by atoms with Gasteiger partial charge >= 0.3 is 5.97 Å². The Hall–Kier alpha value is -11.6. The standard InChI is InChI=1S/C75H103N19O18/c1-8-13-52-65(104)84-54(27-28-60(101)102)66(105)85-55(31-43-19-23-48(98)24-20-43)67(106)83-53(14-9-2)71(110)91-75(39-95,42(4)97)38-80-51(63(76)103)17-10-15-46-37-94(93-92-46)30-12-18-59(100)89-62(74(5,6)7)73(112)88-56(32-44-21-25-49(99)26-22-44)68(107)86-58(34-47-36-77-40-81-47)70(109)90-61(41(3)96)72(111)87-57(69(108)82-52)33-45-35-79-64-50(45)16-11-29-78-64/h11,16,19-26,29,35,37,39-42,51-58,61-62,80,96-99H,8-10,12-15,17-18,27-28,30-34,36,38H2,1-7H3,(H2,76,103)(H,78,79)(H,82,108)(H,83,106)(H,84,104)(H,85,105)(H,86,107)(H,87,111)(H,88,112)(H,89,100)(H,90,109)(H,91,110)(H,101,102)/t41-,42-,51+,52+,53+,54+,55+,56+,57+,58+,61+,62-,75-/m1/s1. The first kappa shape index (κ1) is 87.6. The molecule has 606 valence electrons. The minimum absolute atomic E-state index is 0.00547. The molecule has 5 heterocycles. The fraction of sp³-hybridized carbons (Fsp3) is 0.520. The molecule has 37 heteroatoms. The molecule has 3 aromatic heterocycles. The monoisotopic (exact) mass is 1560 g/mol. The number of aryl methyl sites for hydroxylation is 2. The van der Waals surface area contributed by atoms with Crippen LogP contribution in [0.3, 0.4) is 0 Å². The fourth-order valence-electron chi connectivity index (χ4n) is 12.6. The van der Waals surface area contributed by atoms with Gasteiger partial charge in [-0.05, 0) is 117 Å². The summed E-state index contributed by atoms with van der Waals surface area (Å²) in [5.41, 5.74) is 5.04. The number of nitrogens with zero attached hydrogens (tertiary/aromatic N) is 6. The Labute approximate surface area is 645 Å². The number of hydrogen-bond donors (Lipinski definition) is 18. The molecule has 0 aliphatic carbocycles. The number of aromatic hydroxyl groups is 2. The minimum atomic E-state index is -2.16. The fourth-order valence-corrected chi connectivity index (χ4v) is 12.6. The molecule has 7 rings (SSSR count). The van der Waals surface area contributed by atoms with Gasteiger partial charge in [0.15, 0.2) is 0 Å². The van der Waals surface area contributed by atoms with Gasteiger partial charge in [0, 0.05) is 81.3 Å². The molecule has 112 heavy (non-hydrogen) atoms. The number of hydrogen-bond acceptors (Lipinski definition) is 23. The summed E-state index contributed by atoms with van der Waals surface area (Å²) in [6.07, 6.45) is 0.993. The summed E-state index contributed by atoms with van der Waals surface area (Å²) >= 11 is 0. The van der Waals surface area contributed by atoms with Gasteiger partial charge in [0.25, 0.3) is 0 Å².